The molecule has 234 valence electrons. The number of alkyl halides is 12. The summed E-state index contributed by atoms with van der Waals surface area (Å²) in [7, 11) is 0. The van der Waals surface area contributed by atoms with Gasteiger partial charge in [0.05, 0.1) is 0 Å². The maximum atomic E-state index is 14.2. The summed E-state index contributed by atoms with van der Waals surface area (Å²) in [6, 6.07) is 0. The number of allylic oxidation sites excluding steroid dienone is 3. The molecule has 0 saturated heterocycles. The molecule has 0 spiro atoms. The van der Waals surface area contributed by atoms with Gasteiger partial charge < -0.3 is 10.1 Å². The Bertz CT molecular complexity index is 833. The zero-order valence-corrected chi connectivity index (χ0v) is 21.2. The van der Waals surface area contributed by atoms with Gasteiger partial charge in [0.25, 0.3) is 11.8 Å². The molecule has 0 aromatic rings. The van der Waals surface area contributed by atoms with Gasteiger partial charge in [0.1, 0.15) is 26.1 Å². The molecule has 0 saturated carbocycles. The second kappa shape index (κ2) is 14.1. The van der Waals surface area contributed by atoms with Gasteiger partial charge in [0.15, 0.2) is 0 Å². The smallest absolute Gasteiger partial charge is 0.366 e. The van der Waals surface area contributed by atoms with Crippen LogP contribution in [0.5, 0.6) is 0 Å². The summed E-state index contributed by atoms with van der Waals surface area (Å²) in [6.07, 6.45) is -21.3. The molecule has 0 aliphatic carbocycles. The Hall–Kier alpha value is -2.27. The van der Waals surface area contributed by atoms with E-state index in [1.165, 1.54) is 18.2 Å². The molecular weight excluding hydrogens is 582 g/mol. The number of hydrogen-bond acceptors (Lipinski definition) is 4. The predicted molar refractivity (Wildman–Crippen MR) is 117 cm³/mol. The number of carbonyl (C=O) groups is 1. The molecule has 0 aliphatic rings. The lowest BCUT2D eigenvalue weighted by molar-refractivity contribution is -0.396. The number of nitrogens with one attached hydrogen (secondary N) is 1. The van der Waals surface area contributed by atoms with Gasteiger partial charge in [0.2, 0.25) is 0 Å². The summed E-state index contributed by atoms with van der Waals surface area (Å²) in [4.78, 5) is 11.9. The van der Waals surface area contributed by atoms with Gasteiger partial charge in [-0.15, -0.1) is 19.7 Å². The fourth-order valence-electron chi connectivity index (χ4n) is 3.37. The van der Waals surface area contributed by atoms with Crippen molar-refractivity contribution in [3.8, 4) is 0 Å². The van der Waals surface area contributed by atoms with Crippen molar-refractivity contribution in [2.75, 3.05) is 19.8 Å². The van der Waals surface area contributed by atoms with Crippen molar-refractivity contribution in [1.29, 1.82) is 0 Å². The Balaban J connectivity index is 5.16. The van der Waals surface area contributed by atoms with Crippen molar-refractivity contribution in [1.82, 2.24) is 5.32 Å². The van der Waals surface area contributed by atoms with Crippen LogP contribution in [-0.4, -0.2) is 61.9 Å². The third kappa shape index (κ3) is 14.9. The lowest BCUT2D eigenvalue weighted by atomic mass is 9.78. The third-order valence-corrected chi connectivity index (χ3v) is 4.79. The maximum Gasteiger partial charge on any atom is 0.383 e. The first-order chi connectivity index (χ1) is 17.8. The molecule has 0 rings (SSSR count). The standard InChI is InChI=1S/C23H29F12NO4/c1-5-8-18(9-6-2,10-7-3)13-36-16(37)20(28,29)12-22(32,33)40-23(34,35)15-38-14-19(26,27)11-21(30,31)39-17(4,24)25/h5-7H,1-3,8-15H2,4H3,(H,36,37). The first-order valence-electron chi connectivity index (χ1n) is 11.2. The van der Waals surface area contributed by atoms with Gasteiger partial charge in [-0.3, -0.25) is 14.3 Å². The zero-order chi connectivity index (χ0) is 31.7. The number of rotatable bonds is 21. The van der Waals surface area contributed by atoms with Crippen LogP contribution in [0.25, 0.3) is 0 Å². The molecule has 0 bridgehead atoms. The second-order valence-electron chi connectivity index (χ2n) is 8.99. The van der Waals surface area contributed by atoms with Crippen LogP contribution in [0.1, 0.15) is 39.0 Å². The minimum atomic E-state index is -5.43. The highest BCUT2D eigenvalue weighted by atomic mass is 19.3. The van der Waals surface area contributed by atoms with Crippen LogP contribution in [0.4, 0.5) is 52.7 Å². The zero-order valence-electron chi connectivity index (χ0n) is 21.2. The molecule has 0 aromatic carbocycles. The van der Waals surface area contributed by atoms with Crippen LogP contribution < -0.4 is 5.32 Å². The van der Waals surface area contributed by atoms with Crippen LogP contribution in [0.2, 0.25) is 0 Å². The first kappa shape index (κ1) is 37.7. The molecule has 0 aromatic heterocycles. The van der Waals surface area contributed by atoms with E-state index in [0.717, 1.165) is 0 Å². The number of carbonyl (C=O) groups excluding carboxylic acids is 1. The van der Waals surface area contributed by atoms with Crippen LogP contribution in [0, 0.1) is 5.41 Å². The maximum absolute atomic E-state index is 14.2. The molecule has 0 heterocycles. The molecule has 0 unspecified atom stereocenters. The molecule has 1 N–H and O–H groups in total. The molecule has 0 fully saturated rings. The van der Waals surface area contributed by atoms with E-state index in [1.54, 1.807) is 5.32 Å². The quantitative estimate of drug-likeness (QED) is 0.109. The summed E-state index contributed by atoms with van der Waals surface area (Å²) in [5, 5.41) is 1.75. The average Bonchev–Trinajstić information content (AvgIpc) is 2.67. The summed E-state index contributed by atoms with van der Waals surface area (Å²) in [6.45, 7) is 5.01. The van der Waals surface area contributed by atoms with E-state index in [9.17, 15) is 57.5 Å². The van der Waals surface area contributed by atoms with Crippen LogP contribution in [-0.2, 0) is 19.0 Å². The molecule has 0 aliphatic heterocycles. The van der Waals surface area contributed by atoms with Crippen molar-refractivity contribution in [2.24, 2.45) is 5.41 Å². The highest BCUT2D eigenvalue weighted by Crippen LogP contribution is 2.39. The Kier molecular flexibility index (Phi) is 13.3. The lowest BCUT2D eigenvalue weighted by Gasteiger charge is -2.32. The van der Waals surface area contributed by atoms with Crippen LogP contribution >= 0.6 is 0 Å². The Labute approximate surface area is 222 Å². The van der Waals surface area contributed by atoms with Crippen LogP contribution in [0.3, 0.4) is 0 Å². The molecule has 1 amide bonds. The molecule has 0 radical (unpaired) electrons. The van der Waals surface area contributed by atoms with Gasteiger partial charge in [-0.05, 0) is 24.7 Å². The number of hydrogen-bond donors (Lipinski definition) is 1. The highest BCUT2D eigenvalue weighted by Gasteiger charge is 2.55. The van der Waals surface area contributed by atoms with E-state index in [-0.39, 0.29) is 26.2 Å². The first-order valence-corrected chi connectivity index (χ1v) is 11.2. The SMILES string of the molecule is C=CCC(CC=C)(CC=C)CNC(=O)C(F)(F)CC(F)(F)OC(F)(F)COCC(F)(F)CC(F)(F)OC(C)(F)F. The van der Waals surface area contributed by atoms with Crippen molar-refractivity contribution in [3.05, 3.63) is 38.0 Å². The van der Waals surface area contributed by atoms with Gasteiger partial charge in [-0.1, -0.05) is 18.2 Å². The molecule has 0 atom stereocenters. The van der Waals surface area contributed by atoms with E-state index in [1.807, 2.05) is 0 Å². The Morgan fingerprint density at radius 1 is 0.700 bits per heavy atom. The summed E-state index contributed by atoms with van der Waals surface area (Å²) >= 11 is 0. The number of halogens is 12. The average molecular weight is 611 g/mol. The second-order valence-corrected chi connectivity index (χ2v) is 8.99. The van der Waals surface area contributed by atoms with E-state index in [4.69, 9.17) is 0 Å². The molecule has 5 nitrogen and oxygen atoms in total. The Morgan fingerprint density at radius 3 is 1.57 bits per heavy atom. The highest BCUT2D eigenvalue weighted by molar-refractivity contribution is 5.83. The van der Waals surface area contributed by atoms with E-state index in [0.29, 0.717) is 0 Å². The van der Waals surface area contributed by atoms with Crippen molar-refractivity contribution < 1.29 is 71.7 Å². The minimum absolute atomic E-state index is 0.164. The molecule has 17 heteroatoms. The van der Waals surface area contributed by atoms with E-state index in [2.05, 4.69) is 33.9 Å². The molecule has 40 heavy (non-hydrogen) atoms. The van der Waals surface area contributed by atoms with Gasteiger partial charge >= 0.3 is 30.4 Å². The fourth-order valence-corrected chi connectivity index (χ4v) is 3.37. The van der Waals surface area contributed by atoms with Crippen molar-refractivity contribution in [3.63, 3.8) is 0 Å². The van der Waals surface area contributed by atoms with Gasteiger partial charge in [-0.2, -0.15) is 43.9 Å². The number of ether oxygens (including phenoxy) is 3. The Morgan fingerprint density at radius 2 is 1.15 bits per heavy atom. The van der Waals surface area contributed by atoms with Crippen molar-refractivity contribution >= 4 is 5.91 Å². The largest absolute Gasteiger partial charge is 0.383 e. The van der Waals surface area contributed by atoms with Gasteiger partial charge in [0, 0.05) is 13.5 Å². The summed E-state index contributed by atoms with van der Waals surface area (Å²) in [5.74, 6) is -12.0. The van der Waals surface area contributed by atoms with Crippen molar-refractivity contribution in [2.45, 2.75) is 75.3 Å². The minimum Gasteiger partial charge on any atom is -0.366 e. The summed E-state index contributed by atoms with van der Waals surface area (Å²) < 4.78 is 171. The monoisotopic (exact) mass is 611 g/mol. The van der Waals surface area contributed by atoms with Gasteiger partial charge in [-0.25, -0.2) is 8.78 Å². The normalized spacial score (nSPS) is 14.1. The summed E-state index contributed by atoms with van der Waals surface area (Å²) in [5.41, 5.74) is -0.935. The van der Waals surface area contributed by atoms with Crippen LogP contribution in [0.15, 0.2) is 38.0 Å². The van der Waals surface area contributed by atoms with E-state index >= 15 is 0 Å². The predicted octanol–water partition coefficient (Wildman–Crippen LogP) is 7.31. The van der Waals surface area contributed by atoms with E-state index < -0.39 is 80.2 Å². The lowest BCUT2D eigenvalue weighted by Crippen LogP contribution is -2.49. The number of amides is 1. The molecular formula is C23H29F12NO4. The topological polar surface area (TPSA) is 56.8 Å². The fraction of sp³-hybridized carbons (Fsp3) is 0.696. The third-order valence-electron chi connectivity index (χ3n) is 4.79.